The fraction of sp³-hybridized carbons (Fsp3) is 0.878. The lowest BCUT2D eigenvalue weighted by Crippen LogP contribution is -2.45. The van der Waals surface area contributed by atoms with Crippen molar-refractivity contribution in [1.29, 1.82) is 0 Å². The van der Waals surface area contributed by atoms with E-state index in [9.17, 15) is 19.4 Å². The molecule has 0 heterocycles. The van der Waals surface area contributed by atoms with Crippen LogP contribution in [0.4, 0.5) is 0 Å². The highest BCUT2D eigenvalue weighted by Gasteiger charge is 2.26. The van der Waals surface area contributed by atoms with Crippen molar-refractivity contribution in [3.8, 4) is 0 Å². The fourth-order valence-corrected chi connectivity index (χ4v) is 6.85. The Labute approximate surface area is 308 Å². The van der Waals surface area contributed by atoms with E-state index in [0.29, 0.717) is 6.42 Å². The Morgan fingerprint density at radius 2 is 1.06 bits per heavy atom. The summed E-state index contributed by atoms with van der Waals surface area (Å²) in [7, 11) is -4.34. The lowest BCUT2D eigenvalue weighted by atomic mass is 10.0. The standard InChI is InChI=1S/C41H81N2O6P/c1-3-5-7-9-11-13-15-17-19-20-21-22-24-26-28-30-32-34-40(44)39(38-49-50(46,47)48-37-36-42)43-41(45)35-33-31-29-27-25-23-18-16-14-12-10-8-6-4-2/h24,26,32,34,39-40,44H,3-23,25,27-31,33,35-38,42H2,1-2H3,(H,43,45)(H,46,47)/b26-24+,34-32+. The van der Waals surface area contributed by atoms with Gasteiger partial charge in [0.15, 0.2) is 0 Å². The molecule has 50 heavy (non-hydrogen) atoms. The van der Waals surface area contributed by atoms with Crippen molar-refractivity contribution in [2.75, 3.05) is 19.8 Å². The molecular formula is C41H81N2O6P. The highest BCUT2D eigenvalue weighted by molar-refractivity contribution is 7.47. The van der Waals surface area contributed by atoms with Crippen LogP contribution in [0.1, 0.15) is 200 Å². The van der Waals surface area contributed by atoms with E-state index in [1.165, 1.54) is 141 Å². The van der Waals surface area contributed by atoms with Gasteiger partial charge in [-0.05, 0) is 32.1 Å². The van der Waals surface area contributed by atoms with Crippen LogP contribution in [0.3, 0.4) is 0 Å². The molecule has 0 radical (unpaired) electrons. The summed E-state index contributed by atoms with van der Waals surface area (Å²) in [6.07, 6.45) is 42.2. The molecule has 0 aromatic heterocycles. The van der Waals surface area contributed by atoms with E-state index in [-0.39, 0.29) is 25.7 Å². The Balaban J connectivity index is 4.28. The van der Waals surface area contributed by atoms with Crippen molar-refractivity contribution in [1.82, 2.24) is 5.32 Å². The number of carbonyl (C=O) groups is 1. The molecule has 3 atom stereocenters. The van der Waals surface area contributed by atoms with Gasteiger partial charge in [-0.15, -0.1) is 0 Å². The summed E-state index contributed by atoms with van der Waals surface area (Å²) in [4.78, 5) is 22.6. The molecule has 0 saturated heterocycles. The number of aliphatic hydroxyl groups is 1. The summed E-state index contributed by atoms with van der Waals surface area (Å²) < 4.78 is 22.1. The van der Waals surface area contributed by atoms with Crippen LogP contribution in [0, 0.1) is 0 Å². The third kappa shape index (κ3) is 35.4. The molecule has 8 nitrogen and oxygen atoms in total. The number of carbonyl (C=O) groups excluding carboxylic acids is 1. The van der Waals surface area contributed by atoms with E-state index in [0.717, 1.165) is 38.5 Å². The zero-order valence-corrected chi connectivity index (χ0v) is 33.5. The number of nitrogens with one attached hydrogen (secondary N) is 1. The topological polar surface area (TPSA) is 131 Å². The highest BCUT2D eigenvalue weighted by atomic mass is 31.2. The van der Waals surface area contributed by atoms with E-state index in [1.54, 1.807) is 6.08 Å². The SMILES string of the molecule is CCCCCCCCCCCCC/C=C/CC/C=C/C(O)C(COP(=O)(O)OCCN)NC(=O)CCCCCCCCCCCCCCCC. The maximum Gasteiger partial charge on any atom is 0.472 e. The third-order valence-electron chi connectivity index (χ3n) is 9.28. The molecule has 0 fully saturated rings. The summed E-state index contributed by atoms with van der Waals surface area (Å²) in [6.45, 7) is 4.12. The summed E-state index contributed by atoms with van der Waals surface area (Å²) in [5.74, 6) is -0.203. The minimum Gasteiger partial charge on any atom is -0.387 e. The van der Waals surface area contributed by atoms with Gasteiger partial charge in [-0.1, -0.05) is 186 Å². The number of aliphatic hydroxyl groups excluding tert-OH is 1. The van der Waals surface area contributed by atoms with Crippen molar-refractivity contribution in [3.05, 3.63) is 24.3 Å². The Kier molecular flexibility index (Phi) is 37.0. The average Bonchev–Trinajstić information content (AvgIpc) is 3.10. The van der Waals surface area contributed by atoms with Gasteiger partial charge in [0.25, 0.3) is 0 Å². The van der Waals surface area contributed by atoms with Crippen molar-refractivity contribution in [2.45, 2.75) is 212 Å². The first kappa shape index (κ1) is 49.0. The van der Waals surface area contributed by atoms with Gasteiger partial charge in [-0.2, -0.15) is 0 Å². The lowest BCUT2D eigenvalue weighted by molar-refractivity contribution is -0.123. The van der Waals surface area contributed by atoms with Crippen molar-refractivity contribution < 1.29 is 28.4 Å². The smallest absolute Gasteiger partial charge is 0.387 e. The number of hydrogen-bond donors (Lipinski definition) is 4. The summed E-state index contributed by atoms with van der Waals surface area (Å²) in [5.41, 5.74) is 5.36. The molecule has 296 valence electrons. The molecule has 0 aliphatic carbocycles. The van der Waals surface area contributed by atoms with Crippen molar-refractivity contribution in [3.63, 3.8) is 0 Å². The zero-order chi connectivity index (χ0) is 36.8. The van der Waals surface area contributed by atoms with Gasteiger partial charge in [0.2, 0.25) is 5.91 Å². The van der Waals surface area contributed by atoms with Gasteiger partial charge in [0.1, 0.15) is 0 Å². The number of allylic oxidation sites excluding steroid dienone is 3. The number of unbranched alkanes of at least 4 members (excludes halogenated alkanes) is 25. The van der Waals surface area contributed by atoms with Crippen LogP contribution in [0.25, 0.3) is 0 Å². The summed E-state index contributed by atoms with van der Waals surface area (Å²) in [6, 6.07) is -0.871. The normalized spacial score (nSPS) is 14.4. The van der Waals surface area contributed by atoms with Gasteiger partial charge in [-0.25, -0.2) is 4.57 Å². The van der Waals surface area contributed by atoms with Crippen molar-refractivity contribution in [2.24, 2.45) is 5.73 Å². The van der Waals surface area contributed by atoms with Crippen molar-refractivity contribution >= 4 is 13.7 Å². The first-order valence-corrected chi connectivity index (χ1v) is 22.5. The maximum absolute atomic E-state index is 12.7. The van der Waals surface area contributed by atoms with Gasteiger partial charge in [0, 0.05) is 13.0 Å². The highest BCUT2D eigenvalue weighted by Crippen LogP contribution is 2.43. The molecule has 0 saturated carbocycles. The van der Waals surface area contributed by atoms with Gasteiger partial charge in [-0.3, -0.25) is 13.8 Å². The van der Waals surface area contributed by atoms with Gasteiger partial charge >= 0.3 is 7.82 Å². The third-order valence-corrected chi connectivity index (χ3v) is 10.3. The average molecular weight is 729 g/mol. The number of rotatable bonds is 39. The Bertz CT molecular complexity index is 840. The minimum atomic E-state index is -4.34. The fourth-order valence-electron chi connectivity index (χ4n) is 6.09. The van der Waals surface area contributed by atoms with Crippen LogP contribution in [0.5, 0.6) is 0 Å². The van der Waals surface area contributed by atoms with Crippen LogP contribution < -0.4 is 11.1 Å². The largest absolute Gasteiger partial charge is 0.472 e. The Morgan fingerprint density at radius 3 is 1.54 bits per heavy atom. The Morgan fingerprint density at radius 1 is 0.640 bits per heavy atom. The second-order valence-electron chi connectivity index (χ2n) is 14.2. The van der Waals surface area contributed by atoms with Crippen LogP contribution in [0.15, 0.2) is 24.3 Å². The molecule has 0 aromatic carbocycles. The number of amides is 1. The van der Waals surface area contributed by atoms with Crippen LogP contribution in [0.2, 0.25) is 0 Å². The number of phosphoric ester groups is 1. The predicted octanol–water partition coefficient (Wildman–Crippen LogP) is 11.4. The molecule has 0 aromatic rings. The maximum atomic E-state index is 12.7. The van der Waals surface area contributed by atoms with Crippen LogP contribution in [-0.4, -0.2) is 47.8 Å². The number of hydrogen-bond acceptors (Lipinski definition) is 6. The molecule has 0 rings (SSSR count). The predicted molar refractivity (Wildman–Crippen MR) is 212 cm³/mol. The second-order valence-corrected chi connectivity index (χ2v) is 15.7. The first-order chi connectivity index (χ1) is 24.4. The number of nitrogens with two attached hydrogens (primary N) is 1. The molecule has 0 spiro atoms. The summed E-state index contributed by atoms with van der Waals surface area (Å²) in [5, 5.41) is 13.6. The Hall–Kier alpha value is -1.02. The van der Waals surface area contributed by atoms with Gasteiger partial charge in [0.05, 0.1) is 25.4 Å². The molecule has 0 bridgehead atoms. The van der Waals surface area contributed by atoms with E-state index >= 15 is 0 Å². The van der Waals surface area contributed by atoms with E-state index in [4.69, 9.17) is 14.8 Å². The molecule has 9 heteroatoms. The molecular weight excluding hydrogens is 647 g/mol. The van der Waals surface area contributed by atoms with E-state index in [1.807, 2.05) is 6.08 Å². The quantitative estimate of drug-likeness (QED) is 0.0281. The monoisotopic (exact) mass is 729 g/mol. The second kappa shape index (κ2) is 37.7. The molecule has 5 N–H and O–H groups in total. The van der Waals surface area contributed by atoms with Gasteiger partial charge < -0.3 is 21.1 Å². The molecule has 1 amide bonds. The molecule has 0 aliphatic heterocycles. The van der Waals surface area contributed by atoms with Crippen LogP contribution >= 0.6 is 7.82 Å². The van der Waals surface area contributed by atoms with E-state index < -0.39 is 20.0 Å². The number of phosphoric acid groups is 1. The lowest BCUT2D eigenvalue weighted by Gasteiger charge is -2.23. The molecule has 0 aliphatic rings. The molecule has 3 unspecified atom stereocenters. The summed E-state index contributed by atoms with van der Waals surface area (Å²) >= 11 is 0. The van der Waals surface area contributed by atoms with Crippen LogP contribution in [-0.2, 0) is 18.4 Å². The minimum absolute atomic E-state index is 0.0758. The first-order valence-electron chi connectivity index (χ1n) is 21.0. The zero-order valence-electron chi connectivity index (χ0n) is 32.6. The van der Waals surface area contributed by atoms with E-state index in [2.05, 4.69) is 31.3 Å².